The van der Waals surface area contributed by atoms with E-state index in [1.54, 1.807) is 0 Å². The van der Waals surface area contributed by atoms with Crippen LogP contribution in [0.25, 0.3) is 0 Å². The lowest BCUT2D eigenvalue weighted by Gasteiger charge is -2.04. The van der Waals surface area contributed by atoms with Crippen molar-refractivity contribution in [2.24, 2.45) is 5.73 Å². The van der Waals surface area contributed by atoms with Gasteiger partial charge in [-0.1, -0.05) is 6.92 Å². The number of carbonyl (C=O) groups is 1. The average molecular weight is 198 g/mol. The van der Waals surface area contributed by atoms with Crippen LogP contribution in [0.4, 0.5) is 0 Å². The van der Waals surface area contributed by atoms with E-state index in [9.17, 15) is 4.79 Å². The van der Waals surface area contributed by atoms with Crippen molar-refractivity contribution in [1.82, 2.24) is 4.98 Å². The number of rotatable bonds is 3. The molecule has 3 nitrogen and oxygen atoms in total. The summed E-state index contributed by atoms with van der Waals surface area (Å²) in [6, 6.07) is -0.376. The third-order valence-electron chi connectivity index (χ3n) is 1.90. The third kappa shape index (κ3) is 2.14. The normalized spacial score (nSPS) is 12.9. The Morgan fingerprint density at radius 1 is 1.62 bits per heavy atom. The molecule has 0 spiro atoms. The lowest BCUT2D eigenvalue weighted by atomic mass is 10.1. The zero-order chi connectivity index (χ0) is 10.0. The maximum absolute atomic E-state index is 11.7. The van der Waals surface area contributed by atoms with E-state index >= 15 is 0 Å². The highest BCUT2D eigenvalue weighted by molar-refractivity contribution is 7.13. The van der Waals surface area contributed by atoms with Crippen molar-refractivity contribution in [2.45, 2.75) is 33.2 Å². The Kier molecular flexibility index (Phi) is 3.17. The molecule has 1 atom stereocenters. The molecule has 1 unspecified atom stereocenters. The average Bonchev–Trinajstić information content (AvgIpc) is 2.42. The highest BCUT2D eigenvalue weighted by Crippen LogP contribution is 2.18. The molecule has 1 heterocycles. The summed E-state index contributed by atoms with van der Waals surface area (Å²) in [6.07, 6.45) is 0.676. The number of ketones is 1. The standard InChI is InChI=1S/C9H14N2OS/c1-4-7(10)8(12)9-5(2)11-6(3)13-9/h7H,4,10H2,1-3H3. The summed E-state index contributed by atoms with van der Waals surface area (Å²) in [6.45, 7) is 5.65. The minimum atomic E-state index is -0.376. The van der Waals surface area contributed by atoms with Gasteiger partial charge in [-0.2, -0.15) is 0 Å². The summed E-state index contributed by atoms with van der Waals surface area (Å²) < 4.78 is 0. The van der Waals surface area contributed by atoms with Crippen LogP contribution in [0.2, 0.25) is 0 Å². The summed E-state index contributed by atoms with van der Waals surface area (Å²) >= 11 is 1.43. The molecule has 0 saturated heterocycles. The van der Waals surface area contributed by atoms with Crippen LogP contribution in [-0.4, -0.2) is 16.8 Å². The van der Waals surface area contributed by atoms with E-state index in [-0.39, 0.29) is 11.8 Å². The Labute approximate surface area is 82.0 Å². The van der Waals surface area contributed by atoms with Crippen LogP contribution in [-0.2, 0) is 0 Å². The molecule has 0 bridgehead atoms. The predicted octanol–water partition coefficient (Wildman–Crippen LogP) is 1.68. The van der Waals surface area contributed by atoms with Gasteiger partial charge in [0.2, 0.25) is 0 Å². The van der Waals surface area contributed by atoms with Crippen molar-refractivity contribution in [3.05, 3.63) is 15.6 Å². The van der Waals surface area contributed by atoms with E-state index in [4.69, 9.17) is 5.73 Å². The monoisotopic (exact) mass is 198 g/mol. The smallest absolute Gasteiger partial charge is 0.191 e. The SMILES string of the molecule is CCC(N)C(=O)c1sc(C)nc1C. The number of aromatic nitrogens is 1. The number of aryl methyl sites for hydroxylation is 2. The topological polar surface area (TPSA) is 56.0 Å². The first-order valence-electron chi connectivity index (χ1n) is 4.30. The molecule has 0 aliphatic heterocycles. The van der Waals surface area contributed by atoms with Gasteiger partial charge in [-0.25, -0.2) is 4.98 Å². The molecule has 0 radical (unpaired) electrons. The quantitative estimate of drug-likeness (QED) is 0.752. The van der Waals surface area contributed by atoms with Crippen LogP contribution in [0.1, 0.15) is 33.7 Å². The summed E-state index contributed by atoms with van der Waals surface area (Å²) in [5, 5.41) is 0.921. The zero-order valence-corrected chi connectivity index (χ0v) is 8.94. The van der Waals surface area contributed by atoms with Crippen LogP contribution in [0, 0.1) is 13.8 Å². The Morgan fingerprint density at radius 2 is 2.23 bits per heavy atom. The van der Waals surface area contributed by atoms with E-state index in [1.165, 1.54) is 11.3 Å². The Bertz CT molecular complexity index is 319. The van der Waals surface area contributed by atoms with Gasteiger partial charge in [-0.3, -0.25) is 4.79 Å². The molecule has 0 fully saturated rings. The Hall–Kier alpha value is -0.740. The number of nitrogens with zero attached hydrogens (tertiary/aromatic N) is 1. The van der Waals surface area contributed by atoms with Crippen molar-refractivity contribution in [1.29, 1.82) is 0 Å². The largest absolute Gasteiger partial charge is 0.321 e. The molecule has 0 aliphatic carbocycles. The summed E-state index contributed by atoms with van der Waals surface area (Å²) in [4.78, 5) is 16.6. The van der Waals surface area contributed by atoms with Gasteiger partial charge in [0.1, 0.15) is 0 Å². The highest BCUT2D eigenvalue weighted by atomic mass is 32.1. The molecule has 0 amide bonds. The van der Waals surface area contributed by atoms with Crippen LogP contribution in [0.15, 0.2) is 0 Å². The number of hydrogen-bond donors (Lipinski definition) is 1. The van der Waals surface area contributed by atoms with Crippen molar-refractivity contribution < 1.29 is 4.79 Å². The maximum Gasteiger partial charge on any atom is 0.191 e. The number of Topliss-reactive ketones (excluding diaryl/α,β-unsaturated/α-hetero) is 1. The first kappa shape index (κ1) is 10.3. The van der Waals surface area contributed by atoms with Gasteiger partial charge in [-0.15, -0.1) is 11.3 Å². The molecule has 0 aromatic carbocycles. The Balaban J connectivity index is 2.94. The fourth-order valence-corrected chi connectivity index (χ4v) is 2.04. The number of hydrogen-bond acceptors (Lipinski definition) is 4. The molecule has 0 saturated carbocycles. The van der Waals surface area contributed by atoms with E-state index in [0.29, 0.717) is 11.3 Å². The molecule has 0 aliphatic rings. The predicted molar refractivity (Wildman–Crippen MR) is 54.2 cm³/mol. The minimum Gasteiger partial charge on any atom is -0.321 e. The molecular formula is C9H14N2OS. The first-order chi connectivity index (χ1) is 6.06. The van der Waals surface area contributed by atoms with Crippen LogP contribution in [0.5, 0.6) is 0 Å². The molecule has 13 heavy (non-hydrogen) atoms. The van der Waals surface area contributed by atoms with Gasteiger partial charge >= 0.3 is 0 Å². The van der Waals surface area contributed by atoms with E-state index in [1.807, 2.05) is 20.8 Å². The molecular weight excluding hydrogens is 184 g/mol. The molecule has 2 N–H and O–H groups in total. The first-order valence-corrected chi connectivity index (χ1v) is 5.11. The second kappa shape index (κ2) is 3.98. The molecule has 4 heteroatoms. The van der Waals surface area contributed by atoms with Crippen molar-refractivity contribution in [3.63, 3.8) is 0 Å². The van der Waals surface area contributed by atoms with Crippen molar-refractivity contribution >= 4 is 17.1 Å². The second-order valence-corrected chi connectivity index (χ2v) is 4.23. The number of carbonyl (C=O) groups excluding carboxylic acids is 1. The maximum atomic E-state index is 11.7. The summed E-state index contributed by atoms with van der Waals surface area (Å²) in [5.41, 5.74) is 6.46. The molecule has 1 aromatic rings. The van der Waals surface area contributed by atoms with Gasteiger partial charge in [0, 0.05) is 0 Å². The summed E-state index contributed by atoms with van der Waals surface area (Å²) in [7, 11) is 0. The van der Waals surface area contributed by atoms with Gasteiger partial charge < -0.3 is 5.73 Å². The van der Waals surface area contributed by atoms with Crippen LogP contribution >= 0.6 is 11.3 Å². The van der Waals surface area contributed by atoms with Crippen molar-refractivity contribution in [3.8, 4) is 0 Å². The van der Waals surface area contributed by atoms with Crippen LogP contribution in [0.3, 0.4) is 0 Å². The fraction of sp³-hybridized carbons (Fsp3) is 0.556. The van der Waals surface area contributed by atoms with E-state index < -0.39 is 0 Å². The number of nitrogens with two attached hydrogens (primary N) is 1. The van der Waals surface area contributed by atoms with E-state index in [2.05, 4.69) is 4.98 Å². The Morgan fingerprint density at radius 3 is 2.62 bits per heavy atom. The van der Waals surface area contributed by atoms with Crippen LogP contribution < -0.4 is 5.73 Å². The van der Waals surface area contributed by atoms with E-state index in [0.717, 1.165) is 10.7 Å². The highest BCUT2D eigenvalue weighted by Gasteiger charge is 2.18. The van der Waals surface area contributed by atoms with Crippen molar-refractivity contribution in [2.75, 3.05) is 0 Å². The van der Waals surface area contributed by atoms with Gasteiger partial charge in [0.15, 0.2) is 5.78 Å². The van der Waals surface area contributed by atoms with Gasteiger partial charge in [0.05, 0.1) is 21.6 Å². The lowest BCUT2D eigenvalue weighted by Crippen LogP contribution is -2.29. The number of thiazole rings is 1. The van der Waals surface area contributed by atoms with Gasteiger partial charge in [0.25, 0.3) is 0 Å². The molecule has 1 rings (SSSR count). The summed E-state index contributed by atoms with van der Waals surface area (Å²) in [5.74, 6) is 0.0191. The third-order valence-corrected chi connectivity index (χ3v) is 2.99. The second-order valence-electron chi connectivity index (χ2n) is 3.03. The minimum absolute atomic E-state index is 0.0191. The lowest BCUT2D eigenvalue weighted by molar-refractivity contribution is 0.0962. The zero-order valence-electron chi connectivity index (χ0n) is 8.13. The molecule has 1 aromatic heterocycles. The molecule has 72 valence electrons. The fourth-order valence-electron chi connectivity index (χ4n) is 1.11. The van der Waals surface area contributed by atoms with Gasteiger partial charge in [-0.05, 0) is 20.3 Å².